The summed E-state index contributed by atoms with van der Waals surface area (Å²) in [6, 6.07) is 14.0. The first-order valence-electron chi connectivity index (χ1n) is 5.51. The first kappa shape index (κ1) is 13.5. The summed E-state index contributed by atoms with van der Waals surface area (Å²) in [7, 11) is -3.38. The monoisotopic (exact) mass is 372 g/mol. The van der Waals surface area contributed by atoms with Gasteiger partial charge in [-0.2, -0.15) is 0 Å². The Balaban J connectivity index is 2.44. The van der Waals surface area contributed by atoms with Crippen molar-refractivity contribution in [3.05, 3.63) is 59.7 Å². The topological polar surface area (TPSA) is 34.1 Å². The molecule has 2 aromatic carbocycles. The van der Waals surface area contributed by atoms with E-state index in [-0.39, 0.29) is 0 Å². The third-order valence-corrected chi connectivity index (χ3v) is 5.39. The minimum atomic E-state index is -3.38. The summed E-state index contributed by atoms with van der Waals surface area (Å²) in [5.41, 5.74) is 2.17. The second kappa shape index (κ2) is 5.40. The van der Waals surface area contributed by atoms with Gasteiger partial charge in [-0.25, -0.2) is 8.42 Å². The van der Waals surface area contributed by atoms with Gasteiger partial charge >= 0.3 is 0 Å². The van der Waals surface area contributed by atoms with Crippen molar-refractivity contribution in [1.29, 1.82) is 0 Å². The van der Waals surface area contributed by atoms with Gasteiger partial charge < -0.3 is 0 Å². The summed E-state index contributed by atoms with van der Waals surface area (Å²) in [5.74, 6) is 0. The number of hydrogen-bond acceptors (Lipinski definition) is 2. The zero-order valence-electron chi connectivity index (χ0n) is 9.93. The van der Waals surface area contributed by atoms with Crippen molar-refractivity contribution in [2.75, 3.05) is 0 Å². The molecule has 0 saturated heterocycles. The number of alkyl halides is 1. The molecule has 18 heavy (non-hydrogen) atoms. The molecule has 0 aromatic heterocycles. The van der Waals surface area contributed by atoms with Crippen LogP contribution in [0.3, 0.4) is 0 Å². The Morgan fingerprint density at radius 3 is 1.78 bits per heavy atom. The number of rotatable bonds is 3. The van der Waals surface area contributed by atoms with E-state index in [4.69, 9.17) is 0 Å². The van der Waals surface area contributed by atoms with Crippen LogP contribution in [0.15, 0.2) is 58.3 Å². The van der Waals surface area contributed by atoms with E-state index in [1.165, 1.54) is 0 Å². The molecule has 0 saturated carbocycles. The van der Waals surface area contributed by atoms with Crippen LogP contribution in [-0.4, -0.2) is 8.42 Å². The highest BCUT2D eigenvalue weighted by Crippen LogP contribution is 2.21. The van der Waals surface area contributed by atoms with Crippen LogP contribution >= 0.6 is 22.6 Å². The lowest BCUT2D eigenvalue weighted by Gasteiger charge is -2.05. The van der Waals surface area contributed by atoms with Gasteiger partial charge in [-0.3, -0.25) is 0 Å². The van der Waals surface area contributed by atoms with Crippen LogP contribution in [0.4, 0.5) is 0 Å². The number of halogens is 1. The number of benzene rings is 2. The lowest BCUT2D eigenvalue weighted by Crippen LogP contribution is -2.01. The molecular formula is C14H13IO2S. The standard InChI is InChI=1S/C14H13IO2S/c1-11-2-6-13(7-3-11)18(16,17)14-8-4-12(10-15)5-9-14/h2-9H,10H2,1H3. The summed E-state index contributed by atoms with van der Waals surface area (Å²) in [6.07, 6.45) is 0. The lowest BCUT2D eigenvalue weighted by molar-refractivity contribution is 0.596. The molecule has 0 amide bonds. The molecular weight excluding hydrogens is 359 g/mol. The molecule has 0 unspecified atom stereocenters. The molecule has 0 spiro atoms. The average molecular weight is 372 g/mol. The molecule has 2 nitrogen and oxygen atoms in total. The predicted molar refractivity (Wildman–Crippen MR) is 80.8 cm³/mol. The second-order valence-electron chi connectivity index (χ2n) is 4.09. The maximum Gasteiger partial charge on any atom is 0.206 e. The zero-order chi connectivity index (χ0) is 13.2. The van der Waals surface area contributed by atoms with Crippen LogP contribution < -0.4 is 0 Å². The van der Waals surface area contributed by atoms with Crippen LogP contribution in [0.2, 0.25) is 0 Å². The number of aryl methyl sites for hydroxylation is 1. The van der Waals surface area contributed by atoms with Gasteiger partial charge in [0, 0.05) is 4.43 Å². The van der Waals surface area contributed by atoms with E-state index in [1.54, 1.807) is 24.3 Å². The Morgan fingerprint density at radius 1 is 0.889 bits per heavy atom. The highest BCUT2D eigenvalue weighted by molar-refractivity contribution is 14.1. The minimum Gasteiger partial charge on any atom is -0.219 e. The van der Waals surface area contributed by atoms with Gasteiger partial charge in [0.2, 0.25) is 9.84 Å². The van der Waals surface area contributed by atoms with Crippen molar-refractivity contribution in [3.8, 4) is 0 Å². The van der Waals surface area contributed by atoms with E-state index in [9.17, 15) is 8.42 Å². The first-order valence-corrected chi connectivity index (χ1v) is 8.51. The first-order chi connectivity index (χ1) is 8.54. The van der Waals surface area contributed by atoms with Crippen molar-refractivity contribution in [1.82, 2.24) is 0 Å². The lowest BCUT2D eigenvalue weighted by atomic mass is 10.2. The fourth-order valence-corrected chi connectivity index (χ4v) is 3.38. The van der Waals surface area contributed by atoms with E-state index in [2.05, 4.69) is 22.6 Å². The van der Waals surface area contributed by atoms with Crippen LogP contribution in [0.5, 0.6) is 0 Å². The van der Waals surface area contributed by atoms with Gasteiger partial charge in [0.1, 0.15) is 0 Å². The molecule has 2 aromatic rings. The molecule has 94 valence electrons. The Hall–Kier alpha value is -0.880. The zero-order valence-corrected chi connectivity index (χ0v) is 12.9. The second-order valence-corrected chi connectivity index (χ2v) is 6.81. The van der Waals surface area contributed by atoms with Crippen molar-refractivity contribution in [3.63, 3.8) is 0 Å². The third-order valence-electron chi connectivity index (χ3n) is 2.72. The van der Waals surface area contributed by atoms with Crippen LogP contribution in [0, 0.1) is 6.92 Å². The molecule has 2 rings (SSSR count). The molecule has 0 atom stereocenters. The Bertz CT molecular complexity index is 628. The smallest absolute Gasteiger partial charge is 0.206 e. The van der Waals surface area contributed by atoms with Gasteiger partial charge in [-0.05, 0) is 36.8 Å². The molecule has 0 aliphatic carbocycles. The van der Waals surface area contributed by atoms with Crippen LogP contribution in [-0.2, 0) is 14.3 Å². The van der Waals surface area contributed by atoms with Gasteiger partial charge in [0.05, 0.1) is 9.79 Å². The highest BCUT2D eigenvalue weighted by atomic mass is 127. The largest absolute Gasteiger partial charge is 0.219 e. The summed E-state index contributed by atoms with van der Waals surface area (Å²) in [5, 5.41) is 0. The Morgan fingerprint density at radius 2 is 1.33 bits per heavy atom. The minimum absolute atomic E-state index is 0.343. The molecule has 4 heteroatoms. The van der Waals surface area contributed by atoms with Gasteiger partial charge in [-0.1, -0.05) is 52.4 Å². The van der Waals surface area contributed by atoms with Gasteiger partial charge in [-0.15, -0.1) is 0 Å². The Kier molecular flexibility index (Phi) is 4.07. The average Bonchev–Trinajstić information content (AvgIpc) is 2.39. The molecule has 0 fully saturated rings. The predicted octanol–water partition coefficient (Wildman–Crippen LogP) is 3.76. The summed E-state index contributed by atoms with van der Waals surface area (Å²) in [4.78, 5) is 0.690. The SMILES string of the molecule is Cc1ccc(S(=O)(=O)c2ccc(CI)cc2)cc1. The number of sulfone groups is 1. The molecule has 0 aliphatic heterocycles. The Labute approximate surface area is 121 Å². The third kappa shape index (κ3) is 2.75. The van der Waals surface area contributed by atoms with Gasteiger partial charge in [0.25, 0.3) is 0 Å². The quantitative estimate of drug-likeness (QED) is 0.607. The van der Waals surface area contributed by atoms with E-state index in [0.717, 1.165) is 15.6 Å². The van der Waals surface area contributed by atoms with E-state index < -0.39 is 9.84 Å². The van der Waals surface area contributed by atoms with Crippen molar-refractivity contribution >= 4 is 32.4 Å². The summed E-state index contributed by atoms with van der Waals surface area (Å²) < 4.78 is 25.6. The molecule has 0 bridgehead atoms. The normalized spacial score (nSPS) is 11.4. The molecule has 0 N–H and O–H groups in total. The van der Waals surface area contributed by atoms with Crippen LogP contribution in [0.25, 0.3) is 0 Å². The fraction of sp³-hybridized carbons (Fsp3) is 0.143. The maximum absolute atomic E-state index is 12.3. The summed E-state index contributed by atoms with van der Waals surface area (Å²) >= 11 is 2.25. The van der Waals surface area contributed by atoms with Crippen LogP contribution in [0.1, 0.15) is 11.1 Å². The maximum atomic E-state index is 12.3. The molecule has 0 heterocycles. The van der Waals surface area contributed by atoms with E-state index in [1.807, 2.05) is 31.2 Å². The van der Waals surface area contributed by atoms with Crippen molar-refractivity contribution in [2.24, 2.45) is 0 Å². The van der Waals surface area contributed by atoms with Crippen molar-refractivity contribution < 1.29 is 8.42 Å². The number of hydrogen-bond donors (Lipinski definition) is 0. The van der Waals surface area contributed by atoms with E-state index in [0.29, 0.717) is 9.79 Å². The fourth-order valence-electron chi connectivity index (χ4n) is 1.61. The van der Waals surface area contributed by atoms with Gasteiger partial charge in [0.15, 0.2) is 0 Å². The highest BCUT2D eigenvalue weighted by Gasteiger charge is 2.16. The molecule has 0 aliphatic rings. The molecule has 0 radical (unpaired) electrons. The van der Waals surface area contributed by atoms with Crippen molar-refractivity contribution in [2.45, 2.75) is 21.1 Å². The van der Waals surface area contributed by atoms with E-state index >= 15 is 0 Å². The summed E-state index contributed by atoms with van der Waals surface area (Å²) in [6.45, 7) is 1.94.